The molecule has 8 heteroatoms. The molecule has 2 aromatic heterocycles. The van der Waals surface area contributed by atoms with Crippen molar-refractivity contribution in [2.45, 2.75) is 23.9 Å². The van der Waals surface area contributed by atoms with Crippen LogP contribution in [0.2, 0.25) is 5.02 Å². The molecule has 0 saturated carbocycles. The van der Waals surface area contributed by atoms with Gasteiger partial charge in [0.15, 0.2) is 11.0 Å². The maximum atomic E-state index is 12.8. The molecule has 0 radical (unpaired) electrons. The summed E-state index contributed by atoms with van der Waals surface area (Å²) in [6.07, 6.45) is 3.48. The first kappa shape index (κ1) is 21.1. The number of thioether (sulfide) groups is 1. The van der Waals surface area contributed by atoms with Crippen molar-refractivity contribution in [3.8, 4) is 11.4 Å². The van der Waals surface area contributed by atoms with Gasteiger partial charge >= 0.3 is 0 Å². The molecule has 0 aliphatic heterocycles. The molecule has 0 aliphatic carbocycles. The van der Waals surface area contributed by atoms with Gasteiger partial charge in [-0.2, -0.15) is 0 Å². The van der Waals surface area contributed by atoms with Gasteiger partial charge in [-0.05, 0) is 36.8 Å². The molecule has 0 aliphatic rings. The summed E-state index contributed by atoms with van der Waals surface area (Å²) in [7, 11) is 0. The van der Waals surface area contributed by atoms with Crippen LogP contribution in [0.5, 0.6) is 0 Å². The van der Waals surface area contributed by atoms with Crippen LogP contribution < -0.4 is 5.32 Å². The highest BCUT2D eigenvalue weighted by Crippen LogP contribution is 2.29. The van der Waals surface area contributed by atoms with Gasteiger partial charge in [-0.3, -0.25) is 14.3 Å². The molecule has 0 bridgehead atoms. The van der Waals surface area contributed by atoms with Gasteiger partial charge in [0.05, 0.1) is 22.5 Å². The van der Waals surface area contributed by atoms with Crippen LogP contribution in [0.4, 0.5) is 5.69 Å². The number of hydrogen-bond acceptors (Lipinski definition) is 5. The third kappa shape index (κ3) is 5.13. The van der Waals surface area contributed by atoms with Crippen LogP contribution in [0.1, 0.15) is 12.5 Å². The number of rotatable bonds is 7. The number of amides is 1. The SMILES string of the molecule is CC(Sc1nnc(-c2cccnc2)n1Cc1ccccc1)C(=O)Nc1ccccc1Cl. The Morgan fingerprint density at radius 1 is 1.06 bits per heavy atom. The van der Waals surface area contributed by atoms with E-state index in [0.717, 1.165) is 11.1 Å². The first-order valence-corrected chi connectivity index (χ1v) is 11.0. The van der Waals surface area contributed by atoms with E-state index in [4.69, 9.17) is 11.6 Å². The zero-order valence-electron chi connectivity index (χ0n) is 16.8. The summed E-state index contributed by atoms with van der Waals surface area (Å²) in [6, 6.07) is 21.0. The highest BCUT2D eigenvalue weighted by molar-refractivity contribution is 8.00. The zero-order valence-corrected chi connectivity index (χ0v) is 18.3. The number of nitrogens with one attached hydrogen (secondary N) is 1. The minimum Gasteiger partial charge on any atom is -0.324 e. The molecule has 1 N–H and O–H groups in total. The standard InChI is InChI=1S/C23H20ClN5OS/c1-16(22(30)26-20-12-6-5-11-19(20)24)31-23-28-27-21(18-10-7-13-25-14-18)29(23)15-17-8-3-2-4-9-17/h2-14,16H,15H2,1H3,(H,26,30). The van der Waals surface area contributed by atoms with Crippen LogP contribution in [0.3, 0.4) is 0 Å². The molecule has 156 valence electrons. The fourth-order valence-electron chi connectivity index (χ4n) is 3.00. The van der Waals surface area contributed by atoms with Crippen LogP contribution in [0, 0.1) is 0 Å². The minimum atomic E-state index is -0.406. The lowest BCUT2D eigenvalue weighted by atomic mass is 10.2. The average molecular weight is 450 g/mol. The van der Waals surface area contributed by atoms with Gasteiger partial charge in [-0.15, -0.1) is 10.2 Å². The van der Waals surface area contributed by atoms with E-state index in [1.165, 1.54) is 11.8 Å². The first-order valence-electron chi connectivity index (χ1n) is 9.71. The third-order valence-electron chi connectivity index (χ3n) is 4.60. The molecule has 6 nitrogen and oxygen atoms in total. The summed E-state index contributed by atoms with van der Waals surface area (Å²) in [5.41, 5.74) is 2.57. The Bertz CT molecular complexity index is 1170. The second kappa shape index (κ2) is 9.76. The van der Waals surface area contributed by atoms with E-state index in [2.05, 4.69) is 32.6 Å². The zero-order chi connectivity index (χ0) is 21.6. The third-order valence-corrected chi connectivity index (χ3v) is 6.01. The lowest BCUT2D eigenvalue weighted by molar-refractivity contribution is -0.115. The van der Waals surface area contributed by atoms with Gasteiger partial charge < -0.3 is 5.32 Å². The number of hydrogen-bond donors (Lipinski definition) is 1. The molecule has 1 unspecified atom stereocenters. The Hall–Kier alpha value is -3.16. The number of para-hydroxylation sites is 1. The van der Waals surface area contributed by atoms with E-state index >= 15 is 0 Å². The summed E-state index contributed by atoms with van der Waals surface area (Å²) in [4.78, 5) is 17.0. The Morgan fingerprint density at radius 2 is 1.84 bits per heavy atom. The smallest absolute Gasteiger partial charge is 0.237 e. The summed E-state index contributed by atoms with van der Waals surface area (Å²) >= 11 is 7.52. The van der Waals surface area contributed by atoms with Gasteiger partial charge in [0.2, 0.25) is 5.91 Å². The van der Waals surface area contributed by atoms with Crippen LogP contribution in [0.25, 0.3) is 11.4 Å². The molecule has 1 atom stereocenters. The molecule has 0 saturated heterocycles. The summed E-state index contributed by atoms with van der Waals surface area (Å²) in [5.74, 6) is 0.549. The number of anilines is 1. The van der Waals surface area contributed by atoms with E-state index in [0.29, 0.717) is 28.2 Å². The fraction of sp³-hybridized carbons (Fsp3) is 0.130. The molecular formula is C23H20ClN5OS. The van der Waals surface area contributed by atoms with E-state index in [-0.39, 0.29) is 5.91 Å². The Kier molecular flexibility index (Phi) is 6.64. The lowest BCUT2D eigenvalue weighted by Gasteiger charge is -2.14. The molecule has 0 fully saturated rings. The van der Waals surface area contributed by atoms with E-state index in [1.807, 2.05) is 54.0 Å². The maximum absolute atomic E-state index is 12.8. The quantitative estimate of drug-likeness (QED) is 0.394. The normalized spacial score (nSPS) is 11.8. The molecular weight excluding hydrogens is 430 g/mol. The summed E-state index contributed by atoms with van der Waals surface area (Å²) < 4.78 is 2.01. The highest BCUT2D eigenvalue weighted by atomic mass is 35.5. The first-order chi connectivity index (χ1) is 15.1. The topological polar surface area (TPSA) is 72.7 Å². The van der Waals surface area contributed by atoms with E-state index in [1.54, 1.807) is 24.5 Å². The van der Waals surface area contributed by atoms with Crippen molar-refractivity contribution in [1.82, 2.24) is 19.7 Å². The van der Waals surface area contributed by atoms with Crippen molar-refractivity contribution in [3.63, 3.8) is 0 Å². The number of nitrogens with zero attached hydrogens (tertiary/aromatic N) is 4. The number of pyridine rings is 1. The monoisotopic (exact) mass is 449 g/mol. The predicted molar refractivity (Wildman–Crippen MR) is 124 cm³/mol. The molecule has 31 heavy (non-hydrogen) atoms. The van der Waals surface area contributed by atoms with Crippen LogP contribution >= 0.6 is 23.4 Å². The van der Waals surface area contributed by atoms with Crippen molar-refractivity contribution < 1.29 is 4.79 Å². The van der Waals surface area contributed by atoms with Crippen molar-refractivity contribution in [2.24, 2.45) is 0 Å². The average Bonchev–Trinajstić information content (AvgIpc) is 3.18. The van der Waals surface area contributed by atoms with Crippen molar-refractivity contribution in [3.05, 3.63) is 89.7 Å². The Balaban J connectivity index is 1.59. The van der Waals surface area contributed by atoms with Crippen molar-refractivity contribution in [1.29, 1.82) is 0 Å². The van der Waals surface area contributed by atoms with Gasteiger partial charge in [-0.25, -0.2) is 0 Å². The number of carbonyl (C=O) groups excluding carboxylic acids is 1. The minimum absolute atomic E-state index is 0.157. The molecule has 0 spiro atoms. The lowest BCUT2D eigenvalue weighted by Crippen LogP contribution is -2.23. The van der Waals surface area contributed by atoms with Crippen molar-refractivity contribution >= 4 is 35.0 Å². The van der Waals surface area contributed by atoms with Crippen molar-refractivity contribution in [2.75, 3.05) is 5.32 Å². The molecule has 2 heterocycles. The van der Waals surface area contributed by atoms with Crippen LogP contribution in [0.15, 0.2) is 84.3 Å². The van der Waals surface area contributed by atoms with Gasteiger partial charge in [0.1, 0.15) is 0 Å². The fourth-order valence-corrected chi connectivity index (χ4v) is 4.03. The molecule has 1 amide bonds. The van der Waals surface area contributed by atoms with Crippen LogP contribution in [-0.2, 0) is 11.3 Å². The van der Waals surface area contributed by atoms with Gasteiger partial charge in [-0.1, -0.05) is 65.8 Å². The number of carbonyl (C=O) groups is 1. The number of aromatic nitrogens is 4. The van der Waals surface area contributed by atoms with Crippen LogP contribution in [-0.4, -0.2) is 30.9 Å². The molecule has 4 rings (SSSR count). The summed E-state index contributed by atoms with van der Waals surface area (Å²) in [5, 5.41) is 12.4. The van der Waals surface area contributed by atoms with Gasteiger partial charge in [0.25, 0.3) is 0 Å². The Morgan fingerprint density at radius 3 is 2.58 bits per heavy atom. The molecule has 4 aromatic rings. The molecule has 2 aromatic carbocycles. The number of halogens is 1. The second-order valence-electron chi connectivity index (χ2n) is 6.85. The highest BCUT2D eigenvalue weighted by Gasteiger charge is 2.21. The maximum Gasteiger partial charge on any atom is 0.237 e. The summed E-state index contributed by atoms with van der Waals surface area (Å²) in [6.45, 7) is 2.42. The number of benzene rings is 2. The van der Waals surface area contributed by atoms with Gasteiger partial charge in [0, 0.05) is 18.0 Å². The Labute approximate surface area is 189 Å². The largest absolute Gasteiger partial charge is 0.324 e. The second-order valence-corrected chi connectivity index (χ2v) is 8.56. The van der Waals surface area contributed by atoms with E-state index < -0.39 is 5.25 Å². The van der Waals surface area contributed by atoms with E-state index in [9.17, 15) is 4.79 Å². The predicted octanol–water partition coefficient (Wildman–Crippen LogP) is 5.16.